The lowest BCUT2D eigenvalue weighted by atomic mass is 9.53. The van der Waals surface area contributed by atoms with Gasteiger partial charge in [-0.15, -0.1) is 0 Å². The molecule has 3 saturated heterocycles. The van der Waals surface area contributed by atoms with E-state index in [4.69, 9.17) is 9.47 Å². The zero-order chi connectivity index (χ0) is 16.5. The summed E-state index contributed by atoms with van der Waals surface area (Å²) in [7, 11) is 0. The number of epoxide rings is 1. The van der Waals surface area contributed by atoms with Crippen molar-refractivity contribution in [3.63, 3.8) is 0 Å². The largest absolute Gasteiger partial charge is 0.462 e. The zero-order valence-electron chi connectivity index (χ0n) is 14.8. The van der Waals surface area contributed by atoms with Gasteiger partial charge in [0.2, 0.25) is 0 Å². The number of nitrogens with zero attached hydrogens (tertiary/aromatic N) is 1. The fourth-order valence-electron chi connectivity index (χ4n) is 6.50. The number of carbonyl (C=O) groups is 1. The Bertz CT molecular complexity index is 551. The standard InChI is InChI=1S/C19H29NO3S/c1-12-4-3-5-18(2)10-14-15(16-19(12,18)23-16)13(17(21)22-14)11-20-6-8-24-9-7-20/h12-16H,3-11H2,1-2H3. The molecule has 5 fully saturated rings. The van der Waals surface area contributed by atoms with Crippen molar-refractivity contribution in [2.24, 2.45) is 23.2 Å². The van der Waals surface area contributed by atoms with Crippen LogP contribution in [0, 0.1) is 23.2 Å². The van der Waals surface area contributed by atoms with Crippen molar-refractivity contribution in [1.82, 2.24) is 4.90 Å². The number of esters is 1. The Kier molecular flexibility index (Phi) is 3.57. The van der Waals surface area contributed by atoms with Gasteiger partial charge in [0, 0.05) is 42.5 Å². The molecule has 0 aromatic carbocycles. The second kappa shape index (κ2) is 5.37. The third kappa shape index (κ3) is 2.04. The number of rotatable bonds is 2. The molecule has 134 valence electrons. The summed E-state index contributed by atoms with van der Waals surface area (Å²) in [6.45, 7) is 7.85. The summed E-state index contributed by atoms with van der Waals surface area (Å²) in [5, 5.41) is 0. The monoisotopic (exact) mass is 351 g/mol. The van der Waals surface area contributed by atoms with E-state index in [0.717, 1.165) is 26.1 Å². The van der Waals surface area contributed by atoms with E-state index in [9.17, 15) is 4.79 Å². The van der Waals surface area contributed by atoms with Crippen LogP contribution in [0.15, 0.2) is 0 Å². The molecule has 3 heterocycles. The maximum absolute atomic E-state index is 12.7. The van der Waals surface area contributed by atoms with Crippen LogP contribution in [0.4, 0.5) is 0 Å². The molecular formula is C19H29NO3S. The first-order valence-electron chi connectivity index (χ1n) is 9.74. The molecule has 0 amide bonds. The first kappa shape index (κ1) is 16.0. The van der Waals surface area contributed by atoms with Gasteiger partial charge in [-0.3, -0.25) is 4.79 Å². The van der Waals surface area contributed by atoms with Crippen molar-refractivity contribution in [1.29, 1.82) is 0 Å². The van der Waals surface area contributed by atoms with Crippen molar-refractivity contribution in [3.8, 4) is 0 Å². The van der Waals surface area contributed by atoms with Gasteiger partial charge in [-0.25, -0.2) is 0 Å². The number of ether oxygens (including phenoxy) is 2. The average Bonchev–Trinajstić information content (AvgIpc) is 3.24. The smallest absolute Gasteiger partial charge is 0.311 e. The zero-order valence-corrected chi connectivity index (χ0v) is 15.6. The molecule has 2 saturated carbocycles. The SMILES string of the molecule is CC1CCCC2(C)CC3OC(=O)C(CN4CCSCC4)C3C3OC132. The summed E-state index contributed by atoms with van der Waals surface area (Å²) in [4.78, 5) is 15.1. The molecule has 1 spiro atoms. The van der Waals surface area contributed by atoms with E-state index in [-0.39, 0.29) is 35.1 Å². The molecule has 5 rings (SSSR count). The Morgan fingerprint density at radius 2 is 2.12 bits per heavy atom. The normalized spacial score (nSPS) is 53.8. The van der Waals surface area contributed by atoms with Crippen molar-refractivity contribution in [2.75, 3.05) is 31.1 Å². The molecule has 0 bridgehead atoms. The Hall–Kier alpha value is -0.260. The van der Waals surface area contributed by atoms with E-state index in [1.54, 1.807) is 0 Å². The molecule has 0 aromatic rings. The molecule has 0 radical (unpaired) electrons. The summed E-state index contributed by atoms with van der Waals surface area (Å²) >= 11 is 2.02. The van der Waals surface area contributed by atoms with E-state index in [1.807, 2.05) is 11.8 Å². The average molecular weight is 352 g/mol. The fourth-order valence-corrected chi connectivity index (χ4v) is 7.48. The summed E-state index contributed by atoms with van der Waals surface area (Å²) < 4.78 is 12.4. The number of thioether (sulfide) groups is 1. The van der Waals surface area contributed by atoms with Crippen LogP contribution in [0.2, 0.25) is 0 Å². The van der Waals surface area contributed by atoms with Crippen molar-refractivity contribution < 1.29 is 14.3 Å². The highest BCUT2D eigenvalue weighted by Crippen LogP contribution is 2.70. The van der Waals surface area contributed by atoms with E-state index < -0.39 is 0 Å². The summed E-state index contributed by atoms with van der Waals surface area (Å²) in [6.07, 6.45) is 5.14. The molecule has 0 N–H and O–H groups in total. The van der Waals surface area contributed by atoms with E-state index >= 15 is 0 Å². The second-order valence-electron chi connectivity index (χ2n) is 8.96. The van der Waals surface area contributed by atoms with Crippen LogP contribution in [0.3, 0.4) is 0 Å². The van der Waals surface area contributed by atoms with Gasteiger partial charge < -0.3 is 14.4 Å². The quantitative estimate of drug-likeness (QED) is 0.565. The van der Waals surface area contributed by atoms with E-state index in [0.29, 0.717) is 11.8 Å². The summed E-state index contributed by atoms with van der Waals surface area (Å²) in [5.74, 6) is 3.36. The summed E-state index contributed by atoms with van der Waals surface area (Å²) in [6, 6.07) is 0. The van der Waals surface area contributed by atoms with Crippen molar-refractivity contribution >= 4 is 17.7 Å². The molecule has 5 aliphatic rings. The number of hydrogen-bond donors (Lipinski definition) is 0. The lowest BCUT2D eigenvalue weighted by Crippen LogP contribution is -2.54. The second-order valence-corrected chi connectivity index (χ2v) is 10.2. The van der Waals surface area contributed by atoms with Crippen LogP contribution >= 0.6 is 11.8 Å². The first-order valence-corrected chi connectivity index (χ1v) is 10.9. The van der Waals surface area contributed by atoms with Crippen LogP contribution in [-0.4, -0.2) is 59.8 Å². The van der Waals surface area contributed by atoms with Crippen molar-refractivity contribution in [2.45, 2.75) is 57.3 Å². The Labute approximate surface area is 149 Å². The predicted octanol–water partition coefficient (Wildman–Crippen LogP) is 2.56. The maximum Gasteiger partial charge on any atom is 0.311 e. The van der Waals surface area contributed by atoms with Crippen LogP contribution in [0.1, 0.15) is 39.5 Å². The molecule has 24 heavy (non-hydrogen) atoms. The Morgan fingerprint density at radius 1 is 1.33 bits per heavy atom. The van der Waals surface area contributed by atoms with E-state index in [1.165, 1.54) is 30.8 Å². The van der Waals surface area contributed by atoms with Gasteiger partial charge in [-0.2, -0.15) is 11.8 Å². The van der Waals surface area contributed by atoms with Gasteiger partial charge in [-0.05, 0) is 25.2 Å². The summed E-state index contributed by atoms with van der Waals surface area (Å²) in [5.41, 5.74) is 0.240. The minimum absolute atomic E-state index is 0.0288. The molecule has 4 nitrogen and oxygen atoms in total. The minimum Gasteiger partial charge on any atom is -0.462 e. The highest BCUT2D eigenvalue weighted by Gasteiger charge is 2.78. The van der Waals surface area contributed by atoms with Crippen LogP contribution in [0.25, 0.3) is 0 Å². The topological polar surface area (TPSA) is 42.1 Å². The highest BCUT2D eigenvalue weighted by atomic mass is 32.2. The van der Waals surface area contributed by atoms with Gasteiger partial charge in [0.15, 0.2) is 0 Å². The third-order valence-corrected chi connectivity index (χ3v) is 8.70. The van der Waals surface area contributed by atoms with Crippen LogP contribution in [-0.2, 0) is 14.3 Å². The van der Waals surface area contributed by atoms with Gasteiger partial charge in [0.25, 0.3) is 0 Å². The predicted molar refractivity (Wildman–Crippen MR) is 94.0 cm³/mol. The lowest BCUT2D eigenvalue weighted by molar-refractivity contribution is -0.146. The van der Waals surface area contributed by atoms with Crippen LogP contribution in [0.5, 0.6) is 0 Å². The van der Waals surface area contributed by atoms with Gasteiger partial charge >= 0.3 is 5.97 Å². The van der Waals surface area contributed by atoms with Gasteiger partial charge in [0.1, 0.15) is 11.7 Å². The van der Waals surface area contributed by atoms with Crippen molar-refractivity contribution in [3.05, 3.63) is 0 Å². The molecule has 3 aliphatic heterocycles. The number of carbonyl (C=O) groups excluding carboxylic acids is 1. The first-order chi connectivity index (χ1) is 11.6. The van der Waals surface area contributed by atoms with Gasteiger partial charge in [-0.1, -0.05) is 20.3 Å². The highest BCUT2D eigenvalue weighted by molar-refractivity contribution is 7.99. The molecule has 5 heteroatoms. The lowest BCUT2D eigenvalue weighted by Gasteiger charge is -2.49. The number of hydrogen-bond acceptors (Lipinski definition) is 5. The molecule has 2 aliphatic carbocycles. The fraction of sp³-hybridized carbons (Fsp3) is 0.947. The molecular weight excluding hydrogens is 322 g/mol. The van der Waals surface area contributed by atoms with Gasteiger partial charge in [0.05, 0.1) is 12.0 Å². The Balaban J connectivity index is 1.40. The van der Waals surface area contributed by atoms with Crippen LogP contribution < -0.4 is 0 Å². The van der Waals surface area contributed by atoms with E-state index in [2.05, 4.69) is 18.7 Å². The molecule has 0 aromatic heterocycles. The third-order valence-electron chi connectivity index (χ3n) is 7.75. The maximum atomic E-state index is 12.7. The minimum atomic E-state index is 0.0288. The molecule has 7 atom stereocenters. The Morgan fingerprint density at radius 3 is 2.92 bits per heavy atom. The molecule has 7 unspecified atom stereocenters. The number of fused-ring (bicyclic) bond motifs is 2.